The summed E-state index contributed by atoms with van der Waals surface area (Å²) in [7, 11) is 0. The number of rotatable bonds is 8. The van der Waals surface area contributed by atoms with Crippen LogP contribution in [0, 0.1) is 12.8 Å². The van der Waals surface area contributed by atoms with E-state index in [0.29, 0.717) is 13.2 Å². The highest BCUT2D eigenvalue weighted by Gasteiger charge is 2.25. The number of carbonyl (C=O) groups excluding carboxylic acids is 1. The Kier molecular flexibility index (Phi) is 7.73. The van der Waals surface area contributed by atoms with E-state index in [0.717, 1.165) is 38.9 Å². The molecule has 0 bridgehead atoms. The summed E-state index contributed by atoms with van der Waals surface area (Å²) in [5, 5.41) is 3.08. The summed E-state index contributed by atoms with van der Waals surface area (Å²) >= 11 is 0. The van der Waals surface area contributed by atoms with E-state index in [1.165, 1.54) is 11.1 Å². The fourth-order valence-corrected chi connectivity index (χ4v) is 3.19. The van der Waals surface area contributed by atoms with E-state index in [2.05, 4.69) is 41.4 Å². The van der Waals surface area contributed by atoms with Crippen molar-refractivity contribution in [3.05, 3.63) is 35.4 Å². The Morgan fingerprint density at radius 1 is 1.38 bits per heavy atom. The van der Waals surface area contributed by atoms with Crippen molar-refractivity contribution >= 4 is 5.91 Å². The second-order valence-corrected chi connectivity index (χ2v) is 7.06. The van der Waals surface area contributed by atoms with Gasteiger partial charge in [0, 0.05) is 26.2 Å². The molecule has 0 saturated carbocycles. The fraction of sp³-hybridized carbons (Fsp3) is 0.650. The first-order chi connectivity index (χ1) is 11.6. The standard InChI is InChI=1S/C20H32N2O2/c1-16(2)24-13-7-11-21-20(23)19-10-6-12-22(15-19)14-18-9-5-4-8-17(18)3/h4-5,8-9,16,19H,6-7,10-15H2,1-3H3,(H,21,23). The van der Waals surface area contributed by atoms with Crippen LogP contribution >= 0.6 is 0 Å². The highest BCUT2D eigenvalue weighted by molar-refractivity contribution is 5.78. The summed E-state index contributed by atoms with van der Waals surface area (Å²) in [6.07, 6.45) is 3.23. The van der Waals surface area contributed by atoms with Gasteiger partial charge in [0.15, 0.2) is 0 Å². The van der Waals surface area contributed by atoms with E-state index in [9.17, 15) is 4.79 Å². The Bertz CT molecular complexity index is 516. The first-order valence-corrected chi connectivity index (χ1v) is 9.22. The zero-order valence-electron chi connectivity index (χ0n) is 15.4. The van der Waals surface area contributed by atoms with E-state index < -0.39 is 0 Å². The van der Waals surface area contributed by atoms with Crippen molar-refractivity contribution in [2.45, 2.75) is 52.7 Å². The van der Waals surface area contributed by atoms with Crippen LogP contribution in [0.25, 0.3) is 0 Å². The van der Waals surface area contributed by atoms with Crippen LogP contribution in [0.3, 0.4) is 0 Å². The maximum Gasteiger partial charge on any atom is 0.224 e. The van der Waals surface area contributed by atoms with Gasteiger partial charge in [-0.05, 0) is 57.7 Å². The molecule has 0 aliphatic carbocycles. The van der Waals surface area contributed by atoms with Gasteiger partial charge in [-0.25, -0.2) is 0 Å². The molecule has 1 aromatic rings. The number of aryl methyl sites for hydroxylation is 1. The number of ether oxygens (including phenoxy) is 1. The molecule has 134 valence electrons. The predicted molar refractivity (Wildman–Crippen MR) is 97.9 cm³/mol. The van der Waals surface area contributed by atoms with Crippen molar-refractivity contribution in [2.75, 3.05) is 26.2 Å². The summed E-state index contributed by atoms with van der Waals surface area (Å²) < 4.78 is 5.50. The molecule has 1 aliphatic heterocycles. The molecule has 1 heterocycles. The summed E-state index contributed by atoms with van der Waals surface area (Å²) in [5.74, 6) is 0.322. The van der Waals surface area contributed by atoms with Crippen LogP contribution in [0.1, 0.15) is 44.2 Å². The molecule has 1 aliphatic rings. The fourth-order valence-electron chi connectivity index (χ4n) is 3.19. The summed E-state index contributed by atoms with van der Waals surface area (Å²) in [6, 6.07) is 8.51. The van der Waals surface area contributed by atoms with Crippen molar-refractivity contribution < 1.29 is 9.53 Å². The highest BCUT2D eigenvalue weighted by Crippen LogP contribution is 2.20. The average molecular weight is 332 g/mol. The molecule has 4 heteroatoms. The molecule has 1 unspecified atom stereocenters. The minimum Gasteiger partial charge on any atom is -0.379 e. The summed E-state index contributed by atoms with van der Waals surface area (Å²) in [6.45, 7) is 10.5. The first-order valence-electron chi connectivity index (χ1n) is 9.22. The number of nitrogens with one attached hydrogen (secondary N) is 1. The maximum absolute atomic E-state index is 12.4. The minimum absolute atomic E-state index is 0.119. The molecule has 4 nitrogen and oxygen atoms in total. The van der Waals surface area contributed by atoms with E-state index in [1.807, 2.05) is 13.8 Å². The number of benzene rings is 1. The third-order valence-corrected chi connectivity index (χ3v) is 4.60. The monoisotopic (exact) mass is 332 g/mol. The van der Waals surface area contributed by atoms with Crippen LogP contribution in [0.5, 0.6) is 0 Å². The van der Waals surface area contributed by atoms with Crippen molar-refractivity contribution in [1.29, 1.82) is 0 Å². The van der Waals surface area contributed by atoms with Crippen LogP contribution in [0.15, 0.2) is 24.3 Å². The number of piperidine rings is 1. The second kappa shape index (κ2) is 9.80. The first kappa shape index (κ1) is 18.9. The zero-order valence-corrected chi connectivity index (χ0v) is 15.4. The van der Waals surface area contributed by atoms with Gasteiger partial charge >= 0.3 is 0 Å². The molecule has 1 amide bonds. The largest absolute Gasteiger partial charge is 0.379 e. The van der Waals surface area contributed by atoms with Gasteiger partial charge in [-0.15, -0.1) is 0 Å². The molecular weight excluding hydrogens is 300 g/mol. The average Bonchev–Trinajstić information content (AvgIpc) is 2.56. The molecule has 0 spiro atoms. The molecule has 0 aromatic heterocycles. The molecular formula is C20H32N2O2. The van der Waals surface area contributed by atoms with Crippen LogP contribution in [0.4, 0.5) is 0 Å². The normalized spacial score (nSPS) is 18.8. The van der Waals surface area contributed by atoms with Gasteiger partial charge in [0.2, 0.25) is 5.91 Å². The van der Waals surface area contributed by atoms with Gasteiger partial charge in [-0.3, -0.25) is 9.69 Å². The number of nitrogens with zero attached hydrogens (tertiary/aromatic N) is 1. The number of hydrogen-bond acceptors (Lipinski definition) is 3. The lowest BCUT2D eigenvalue weighted by Crippen LogP contribution is -2.43. The molecule has 0 radical (unpaired) electrons. The van der Waals surface area contributed by atoms with E-state index in [1.54, 1.807) is 0 Å². The van der Waals surface area contributed by atoms with Gasteiger partial charge < -0.3 is 10.1 Å². The lowest BCUT2D eigenvalue weighted by atomic mass is 9.96. The second-order valence-electron chi connectivity index (χ2n) is 7.06. The third kappa shape index (κ3) is 6.25. The van der Waals surface area contributed by atoms with Crippen molar-refractivity contribution in [1.82, 2.24) is 10.2 Å². The molecule has 1 aromatic carbocycles. The smallest absolute Gasteiger partial charge is 0.224 e. The number of likely N-dealkylation sites (tertiary alicyclic amines) is 1. The summed E-state index contributed by atoms with van der Waals surface area (Å²) in [5.41, 5.74) is 2.69. The van der Waals surface area contributed by atoms with Crippen LogP contribution in [0.2, 0.25) is 0 Å². The Balaban J connectivity index is 1.74. The van der Waals surface area contributed by atoms with E-state index in [4.69, 9.17) is 4.74 Å². The van der Waals surface area contributed by atoms with Gasteiger partial charge in [0.1, 0.15) is 0 Å². The third-order valence-electron chi connectivity index (χ3n) is 4.60. The van der Waals surface area contributed by atoms with E-state index >= 15 is 0 Å². The molecule has 2 rings (SSSR count). The van der Waals surface area contributed by atoms with Crippen molar-refractivity contribution in [3.63, 3.8) is 0 Å². The Morgan fingerprint density at radius 3 is 2.92 bits per heavy atom. The SMILES string of the molecule is Cc1ccccc1CN1CCCC(C(=O)NCCCOC(C)C)C1. The Labute approximate surface area is 146 Å². The number of amides is 1. The summed E-state index contributed by atoms with van der Waals surface area (Å²) in [4.78, 5) is 14.8. The van der Waals surface area contributed by atoms with Gasteiger partial charge in [0.05, 0.1) is 12.0 Å². The van der Waals surface area contributed by atoms with Crippen molar-refractivity contribution in [2.24, 2.45) is 5.92 Å². The van der Waals surface area contributed by atoms with Crippen LogP contribution in [-0.2, 0) is 16.1 Å². The highest BCUT2D eigenvalue weighted by atomic mass is 16.5. The van der Waals surface area contributed by atoms with E-state index in [-0.39, 0.29) is 17.9 Å². The van der Waals surface area contributed by atoms with Gasteiger partial charge in [-0.1, -0.05) is 24.3 Å². The molecule has 24 heavy (non-hydrogen) atoms. The predicted octanol–water partition coefficient (Wildman–Crippen LogP) is 3.14. The Hall–Kier alpha value is -1.39. The zero-order chi connectivity index (χ0) is 17.4. The number of hydrogen-bond donors (Lipinski definition) is 1. The lowest BCUT2D eigenvalue weighted by Gasteiger charge is -2.32. The van der Waals surface area contributed by atoms with Gasteiger partial charge in [0.25, 0.3) is 0 Å². The molecule has 1 fully saturated rings. The number of carbonyl (C=O) groups is 1. The lowest BCUT2D eigenvalue weighted by molar-refractivity contribution is -0.126. The Morgan fingerprint density at radius 2 is 2.17 bits per heavy atom. The van der Waals surface area contributed by atoms with Crippen molar-refractivity contribution in [3.8, 4) is 0 Å². The van der Waals surface area contributed by atoms with Crippen LogP contribution in [-0.4, -0.2) is 43.2 Å². The maximum atomic E-state index is 12.4. The minimum atomic E-state index is 0.119. The molecule has 1 N–H and O–H groups in total. The topological polar surface area (TPSA) is 41.6 Å². The molecule has 1 atom stereocenters. The molecule has 1 saturated heterocycles. The van der Waals surface area contributed by atoms with Gasteiger partial charge in [-0.2, -0.15) is 0 Å². The quantitative estimate of drug-likeness (QED) is 0.744. The van der Waals surface area contributed by atoms with Crippen LogP contribution < -0.4 is 5.32 Å².